The maximum Gasteiger partial charge on any atom is 0.315 e. The second-order valence-corrected chi connectivity index (χ2v) is 11.2. The molecule has 1 saturated heterocycles. The summed E-state index contributed by atoms with van der Waals surface area (Å²) in [5.41, 5.74) is 1.10. The van der Waals surface area contributed by atoms with E-state index in [-0.39, 0.29) is 17.9 Å². The molecule has 1 aliphatic heterocycles. The van der Waals surface area contributed by atoms with Crippen LogP contribution in [-0.2, 0) is 22.4 Å². The number of carboxylic acid groups (broad SMARTS) is 1. The van der Waals surface area contributed by atoms with Crippen molar-refractivity contribution in [2.45, 2.75) is 89.6 Å². The molecule has 2 heterocycles. The number of carboxylic acids is 1. The Labute approximate surface area is 231 Å². The number of carbonyl (C=O) groups is 3. The van der Waals surface area contributed by atoms with Gasteiger partial charge in [-0.05, 0) is 43.6 Å². The number of hydrogen-bond acceptors (Lipinski definition) is 4. The van der Waals surface area contributed by atoms with E-state index < -0.39 is 23.5 Å². The number of amides is 3. The van der Waals surface area contributed by atoms with E-state index in [4.69, 9.17) is 0 Å². The third-order valence-electron chi connectivity index (χ3n) is 8.68. The average molecular weight is 538 g/mol. The fourth-order valence-corrected chi connectivity index (χ4v) is 6.60. The second-order valence-electron chi connectivity index (χ2n) is 11.2. The lowest BCUT2D eigenvalue weighted by Crippen LogP contribution is -2.60. The van der Waals surface area contributed by atoms with Gasteiger partial charge in [-0.3, -0.25) is 9.59 Å². The molecular formula is C30H43N5O4. The molecule has 3 unspecified atom stereocenters. The first kappa shape index (κ1) is 28.6. The molecule has 1 saturated carbocycles. The summed E-state index contributed by atoms with van der Waals surface area (Å²) in [5.74, 6) is -0.680. The fraction of sp³-hybridized carbons (Fsp3) is 0.600. The third kappa shape index (κ3) is 7.19. The van der Waals surface area contributed by atoms with Crippen molar-refractivity contribution < 1.29 is 19.5 Å². The van der Waals surface area contributed by atoms with Gasteiger partial charge in [0.2, 0.25) is 5.91 Å². The van der Waals surface area contributed by atoms with Gasteiger partial charge in [-0.2, -0.15) is 0 Å². The number of hydrogen-bond donors (Lipinski definition) is 4. The summed E-state index contributed by atoms with van der Waals surface area (Å²) in [6.45, 7) is 2.89. The number of piperidine rings is 1. The number of nitrogens with zero attached hydrogens (tertiary/aromatic N) is 2. The molecule has 9 nitrogen and oxygen atoms in total. The van der Waals surface area contributed by atoms with Gasteiger partial charge in [-0.1, -0.05) is 62.9 Å². The van der Waals surface area contributed by atoms with Gasteiger partial charge < -0.3 is 25.6 Å². The van der Waals surface area contributed by atoms with Crippen LogP contribution in [0.1, 0.15) is 76.0 Å². The Kier molecular flexibility index (Phi) is 10.0. The molecule has 2 aliphatic rings. The standard InChI is InChI=1S/C30H43N5O4/c1-2-9-25-19-30(28(37)38,23-12-7-4-8-13-23)15-17-35(25)27(36)26(18-22-10-5-3-6-11-22)34-29(39)32-16-14-24-20-31-21-33-24/h3,5-6,10-11,20-21,23,25-26H,2,4,7-9,12-19H2,1H3,(H,31,33)(H,37,38)(H2,32,34,39). The van der Waals surface area contributed by atoms with E-state index in [0.717, 1.165) is 49.8 Å². The number of aromatic amines is 1. The van der Waals surface area contributed by atoms with Crippen LogP contribution in [0.5, 0.6) is 0 Å². The minimum absolute atomic E-state index is 0.136. The monoisotopic (exact) mass is 537 g/mol. The maximum atomic E-state index is 14.1. The molecular weight excluding hydrogens is 494 g/mol. The molecule has 0 spiro atoms. The van der Waals surface area contributed by atoms with Gasteiger partial charge in [-0.25, -0.2) is 9.78 Å². The molecule has 1 aromatic heterocycles. The van der Waals surface area contributed by atoms with Crippen LogP contribution in [-0.4, -0.2) is 63.1 Å². The number of aromatic nitrogens is 2. The first-order chi connectivity index (χ1) is 18.9. The van der Waals surface area contributed by atoms with E-state index in [2.05, 4.69) is 27.5 Å². The number of aliphatic carboxylic acids is 1. The van der Waals surface area contributed by atoms with Crippen LogP contribution in [0.2, 0.25) is 0 Å². The molecule has 9 heteroatoms. The molecule has 3 amide bonds. The van der Waals surface area contributed by atoms with E-state index in [0.29, 0.717) is 38.8 Å². The Morgan fingerprint density at radius 2 is 1.95 bits per heavy atom. The van der Waals surface area contributed by atoms with Crippen molar-refractivity contribution in [3.05, 3.63) is 54.1 Å². The molecule has 3 atom stereocenters. The molecule has 0 radical (unpaired) electrons. The van der Waals surface area contributed by atoms with Crippen molar-refractivity contribution in [3.8, 4) is 0 Å². The summed E-state index contributed by atoms with van der Waals surface area (Å²) < 4.78 is 0. The van der Waals surface area contributed by atoms with E-state index in [1.165, 1.54) is 6.42 Å². The van der Waals surface area contributed by atoms with E-state index >= 15 is 0 Å². The zero-order valence-corrected chi connectivity index (χ0v) is 23.0. The van der Waals surface area contributed by atoms with Crippen molar-refractivity contribution >= 4 is 17.9 Å². The minimum atomic E-state index is -0.774. The van der Waals surface area contributed by atoms with Gasteiger partial charge in [0.15, 0.2) is 0 Å². The van der Waals surface area contributed by atoms with Crippen LogP contribution < -0.4 is 10.6 Å². The fourth-order valence-electron chi connectivity index (χ4n) is 6.60. The summed E-state index contributed by atoms with van der Waals surface area (Å²) in [7, 11) is 0. The lowest BCUT2D eigenvalue weighted by molar-refractivity contribution is -0.164. The van der Waals surface area contributed by atoms with Crippen LogP contribution >= 0.6 is 0 Å². The predicted octanol–water partition coefficient (Wildman–Crippen LogP) is 4.31. The summed E-state index contributed by atoms with van der Waals surface area (Å²) in [5, 5.41) is 16.2. The number of benzene rings is 1. The summed E-state index contributed by atoms with van der Waals surface area (Å²) >= 11 is 0. The average Bonchev–Trinajstić information content (AvgIpc) is 3.47. The van der Waals surface area contributed by atoms with Crippen molar-refractivity contribution in [1.29, 1.82) is 0 Å². The zero-order valence-electron chi connectivity index (χ0n) is 23.0. The summed E-state index contributed by atoms with van der Waals surface area (Å²) in [6, 6.07) is 8.39. The number of carbonyl (C=O) groups excluding carboxylic acids is 2. The molecule has 1 aliphatic carbocycles. The van der Waals surface area contributed by atoms with Crippen molar-refractivity contribution in [3.63, 3.8) is 0 Å². The molecule has 0 bridgehead atoms. The largest absolute Gasteiger partial charge is 0.481 e. The van der Waals surface area contributed by atoms with E-state index in [1.807, 2.05) is 35.2 Å². The molecule has 4 rings (SSSR count). The first-order valence-corrected chi connectivity index (χ1v) is 14.5. The topological polar surface area (TPSA) is 127 Å². The molecule has 4 N–H and O–H groups in total. The minimum Gasteiger partial charge on any atom is -0.481 e. The number of urea groups is 1. The lowest BCUT2D eigenvalue weighted by Gasteiger charge is -2.49. The second kappa shape index (κ2) is 13.6. The Balaban J connectivity index is 1.49. The van der Waals surface area contributed by atoms with Crippen molar-refractivity contribution in [2.24, 2.45) is 11.3 Å². The predicted molar refractivity (Wildman–Crippen MR) is 149 cm³/mol. The number of imidazole rings is 1. The van der Waals surface area contributed by atoms with Crippen LogP contribution in [0.4, 0.5) is 4.79 Å². The van der Waals surface area contributed by atoms with E-state index in [9.17, 15) is 19.5 Å². The molecule has 2 aromatic rings. The van der Waals surface area contributed by atoms with Crippen LogP contribution in [0.3, 0.4) is 0 Å². The highest BCUT2D eigenvalue weighted by molar-refractivity contribution is 5.88. The van der Waals surface area contributed by atoms with Crippen molar-refractivity contribution in [1.82, 2.24) is 25.5 Å². The van der Waals surface area contributed by atoms with Gasteiger partial charge in [0.1, 0.15) is 6.04 Å². The van der Waals surface area contributed by atoms with Crippen LogP contribution in [0.25, 0.3) is 0 Å². The lowest BCUT2D eigenvalue weighted by atomic mass is 9.62. The third-order valence-corrected chi connectivity index (χ3v) is 8.68. The van der Waals surface area contributed by atoms with Gasteiger partial charge in [0, 0.05) is 43.9 Å². The van der Waals surface area contributed by atoms with Gasteiger partial charge in [0.25, 0.3) is 0 Å². The number of likely N-dealkylation sites (tertiary alicyclic amines) is 1. The zero-order chi connectivity index (χ0) is 27.7. The van der Waals surface area contributed by atoms with Gasteiger partial charge in [-0.15, -0.1) is 0 Å². The molecule has 212 valence electrons. The number of rotatable bonds is 11. The SMILES string of the molecule is CCCC1CC(C(=O)O)(C2CCCCC2)CCN1C(=O)C(Cc1ccccc1)NC(=O)NCCc1cnc[nH]1. The Morgan fingerprint density at radius 3 is 2.62 bits per heavy atom. The Bertz CT molecular complexity index is 1070. The van der Waals surface area contributed by atoms with Gasteiger partial charge in [0.05, 0.1) is 11.7 Å². The first-order valence-electron chi connectivity index (χ1n) is 14.5. The van der Waals surface area contributed by atoms with Crippen LogP contribution in [0, 0.1) is 11.3 Å². The Hall–Kier alpha value is -3.36. The number of H-pyrrole nitrogens is 1. The molecule has 1 aromatic carbocycles. The van der Waals surface area contributed by atoms with E-state index in [1.54, 1.807) is 12.5 Å². The highest BCUT2D eigenvalue weighted by Crippen LogP contribution is 2.48. The van der Waals surface area contributed by atoms with Gasteiger partial charge >= 0.3 is 12.0 Å². The normalized spacial score (nSPS) is 22.7. The smallest absolute Gasteiger partial charge is 0.315 e. The molecule has 2 fully saturated rings. The summed E-state index contributed by atoms with van der Waals surface area (Å²) in [4.78, 5) is 48.5. The maximum absolute atomic E-state index is 14.1. The quantitative estimate of drug-likeness (QED) is 0.340. The summed E-state index contributed by atoms with van der Waals surface area (Å²) in [6.07, 6.45) is 12.1. The Morgan fingerprint density at radius 1 is 1.18 bits per heavy atom. The highest BCUT2D eigenvalue weighted by Gasteiger charge is 2.51. The van der Waals surface area contributed by atoms with Crippen molar-refractivity contribution in [2.75, 3.05) is 13.1 Å². The molecule has 39 heavy (non-hydrogen) atoms. The van der Waals surface area contributed by atoms with Crippen LogP contribution in [0.15, 0.2) is 42.9 Å². The highest BCUT2D eigenvalue weighted by atomic mass is 16.4. The number of nitrogens with one attached hydrogen (secondary N) is 3.